The fourth-order valence-corrected chi connectivity index (χ4v) is 9.36. The van der Waals surface area contributed by atoms with E-state index in [1.54, 1.807) is 0 Å². The lowest BCUT2D eigenvalue weighted by molar-refractivity contribution is -0.181. The molecule has 0 amide bonds. The molecule has 0 aromatic carbocycles. The molecule has 0 bridgehead atoms. The fraction of sp³-hybridized carbons (Fsp3) is 0.966. The Morgan fingerprint density at radius 3 is 2.31 bits per heavy atom. The summed E-state index contributed by atoms with van der Waals surface area (Å²) in [6.07, 6.45) is 19.1. The SMILES string of the molecule is CCCCCCCC[C@H]1CC[C@H]2[C@@H]3C[C@@H](O)[C@H]4C[C@@H](OC(C)=O)CC[C@]4(C)[C@H]3CC[C@]12C. The van der Waals surface area contributed by atoms with Crippen molar-refractivity contribution >= 4 is 5.97 Å². The zero-order chi connectivity index (χ0) is 22.9. The lowest BCUT2D eigenvalue weighted by atomic mass is 9.44. The Bertz CT molecular complexity index is 646. The maximum atomic E-state index is 11.5. The number of hydrogen-bond acceptors (Lipinski definition) is 3. The molecule has 0 heterocycles. The van der Waals surface area contributed by atoms with E-state index in [1.165, 1.54) is 77.6 Å². The summed E-state index contributed by atoms with van der Waals surface area (Å²) in [4.78, 5) is 11.5. The average molecular weight is 447 g/mol. The van der Waals surface area contributed by atoms with Gasteiger partial charge in [0.1, 0.15) is 6.10 Å². The number of hydrogen-bond donors (Lipinski definition) is 1. The number of carbonyl (C=O) groups excluding carboxylic acids is 1. The van der Waals surface area contributed by atoms with E-state index in [-0.39, 0.29) is 23.6 Å². The number of aliphatic hydroxyl groups excluding tert-OH is 1. The Balaban J connectivity index is 1.40. The van der Waals surface area contributed by atoms with Crippen LogP contribution >= 0.6 is 0 Å². The highest BCUT2D eigenvalue weighted by atomic mass is 16.5. The van der Waals surface area contributed by atoms with Crippen LogP contribution in [0.2, 0.25) is 0 Å². The minimum absolute atomic E-state index is 0.0128. The Morgan fingerprint density at radius 2 is 1.56 bits per heavy atom. The van der Waals surface area contributed by atoms with Gasteiger partial charge in [-0.2, -0.15) is 0 Å². The van der Waals surface area contributed by atoms with Crippen LogP contribution in [0.15, 0.2) is 0 Å². The van der Waals surface area contributed by atoms with Gasteiger partial charge in [-0.25, -0.2) is 0 Å². The molecule has 184 valence electrons. The maximum absolute atomic E-state index is 11.5. The molecule has 0 aromatic rings. The summed E-state index contributed by atoms with van der Waals surface area (Å²) < 4.78 is 5.59. The van der Waals surface area contributed by atoms with Crippen molar-refractivity contribution < 1.29 is 14.6 Å². The third kappa shape index (κ3) is 4.53. The van der Waals surface area contributed by atoms with Gasteiger partial charge in [-0.05, 0) is 98.2 Å². The van der Waals surface area contributed by atoms with Gasteiger partial charge in [-0.3, -0.25) is 4.79 Å². The number of unbranched alkanes of at least 4 members (excludes halogenated alkanes) is 5. The van der Waals surface area contributed by atoms with Crippen LogP contribution in [0.1, 0.15) is 124 Å². The lowest BCUT2D eigenvalue weighted by Crippen LogP contribution is -2.58. The molecule has 4 aliphatic rings. The van der Waals surface area contributed by atoms with E-state index >= 15 is 0 Å². The molecule has 1 N–H and O–H groups in total. The van der Waals surface area contributed by atoms with Crippen LogP contribution in [0, 0.1) is 40.4 Å². The summed E-state index contributed by atoms with van der Waals surface area (Å²) in [5, 5.41) is 11.3. The summed E-state index contributed by atoms with van der Waals surface area (Å²) >= 11 is 0. The molecule has 0 unspecified atom stereocenters. The molecule has 3 heteroatoms. The number of aliphatic hydroxyl groups is 1. The molecule has 3 nitrogen and oxygen atoms in total. The number of fused-ring (bicyclic) bond motifs is 5. The van der Waals surface area contributed by atoms with Gasteiger partial charge in [0.2, 0.25) is 0 Å². The van der Waals surface area contributed by atoms with Gasteiger partial charge in [-0.15, -0.1) is 0 Å². The van der Waals surface area contributed by atoms with Crippen LogP contribution in [-0.2, 0) is 9.53 Å². The molecule has 0 saturated heterocycles. The fourth-order valence-electron chi connectivity index (χ4n) is 9.36. The summed E-state index contributed by atoms with van der Waals surface area (Å²) in [5.41, 5.74) is 0.722. The lowest BCUT2D eigenvalue weighted by Gasteiger charge is -2.62. The van der Waals surface area contributed by atoms with E-state index in [2.05, 4.69) is 20.8 Å². The predicted octanol–water partition coefficient (Wildman–Crippen LogP) is 7.30. The zero-order valence-electron chi connectivity index (χ0n) is 21.4. The summed E-state index contributed by atoms with van der Waals surface area (Å²) in [5.74, 6) is 3.29. The van der Waals surface area contributed by atoms with Crippen molar-refractivity contribution in [2.45, 2.75) is 136 Å². The molecule has 4 aliphatic carbocycles. The molecule has 0 spiro atoms. The molecular weight excluding hydrogens is 396 g/mol. The van der Waals surface area contributed by atoms with Crippen LogP contribution in [-0.4, -0.2) is 23.3 Å². The number of carbonyl (C=O) groups is 1. The Labute approximate surface area is 197 Å². The first-order chi connectivity index (χ1) is 15.3. The summed E-state index contributed by atoms with van der Waals surface area (Å²) in [6, 6.07) is 0. The first-order valence-electron chi connectivity index (χ1n) is 14.1. The minimum atomic E-state index is -0.223. The average Bonchev–Trinajstić information content (AvgIpc) is 3.08. The van der Waals surface area contributed by atoms with E-state index in [0.717, 1.165) is 43.4 Å². The molecular formula is C29H50O3. The van der Waals surface area contributed by atoms with E-state index in [9.17, 15) is 9.90 Å². The van der Waals surface area contributed by atoms with Crippen LogP contribution in [0.3, 0.4) is 0 Å². The third-order valence-electron chi connectivity index (χ3n) is 11.1. The molecule has 0 aliphatic heterocycles. The zero-order valence-corrected chi connectivity index (χ0v) is 21.4. The summed E-state index contributed by atoms with van der Waals surface area (Å²) in [6.45, 7) is 8.92. The van der Waals surface area contributed by atoms with Gasteiger partial charge < -0.3 is 9.84 Å². The van der Waals surface area contributed by atoms with E-state index in [4.69, 9.17) is 4.74 Å². The second-order valence-corrected chi connectivity index (χ2v) is 12.7. The van der Waals surface area contributed by atoms with Crippen LogP contribution < -0.4 is 0 Å². The Kier molecular flexibility index (Phi) is 7.64. The minimum Gasteiger partial charge on any atom is -0.463 e. The highest BCUT2D eigenvalue weighted by Gasteiger charge is 2.62. The molecule has 9 atom stereocenters. The number of ether oxygens (including phenoxy) is 1. The van der Waals surface area contributed by atoms with Crippen molar-refractivity contribution in [1.82, 2.24) is 0 Å². The van der Waals surface area contributed by atoms with Gasteiger partial charge in [0.05, 0.1) is 6.10 Å². The monoisotopic (exact) mass is 446 g/mol. The number of rotatable bonds is 8. The topological polar surface area (TPSA) is 46.5 Å². The predicted molar refractivity (Wildman–Crippen MR) is 130 cm³/mol. The van der Waals surface area contributed by atoms with Crippen molar-refractivity contribution in [2.24, 2.45) is 40.4 Å². The number of esters is 1. The quantitative estimate of drug-likeness (QED) is 0.314. The second-order valence-electron chi connectivity index (χ2n) is 12.7. The molecule has 0 radical (unpaired) electrons. The van der Waals surface area contributed by atoms with E-state index in [1.807, 2.05) is 0 Å². The largest absolute Gasteiger partial charge is 0.463 e. The van der Waals surface area contributed by atoms with Gasteiger partial charge >= 0.3 is 5.97 Å². The Hall–Kier alpha value is -0.570. The van der Waals surface area contributed by atoms with Crippen molar-refractivity contribution in [3.63, 3.8) is 0 Å². The van der Waals surface area contributed by atoms with Crippen LogP contribution in [0.5, 0.6) is 0 Å². The normalized spacial score (nSPS) is 45.6. The first kappa shape index (κ1) is 24.6. The first-order valence-corrected chi connectivity index (χ1v) is 14.1. The second kappa shape index (κ2) is 9.96. The highest BCUT2D eigenvalue weighted by Crippen LogP contribution is 2.68. The van der Waals surface area contributed by atoms with Gasteiger partial charge in [-0.1, -0.05) is 59.3 Å². The van der Waals surface area contributed by atoms with Crippen molar-refractivity contribution in [3.8, 4) is 0 Å². The third-order valence-corrected chi connectivity index (χ3v) is 11.1. The van der Waals surface area contributed by atoms with Gasteiger partial charge in [0, 0.05) is 6.92 Å². The summed E-state index contributed by atoms with van der Waals surface area (Å²) in [7, 11) is 0. The van der Waals surface area contributed by atoms with E-state index in [0.29, 0.717) is 17.3 Å². The smallest absolute Gasteiger partial charge is 0.302 e. The van der Waals surface area contributed by atoms with Crippen molar-refractivity contribution in [1.29, 1.82) is 0 Å². The molecule has 0 aromatic heterocycles. The Morgan fingerprint density at radius 1 is 0.875 bits per heavy atom. The van der Waals surface area contributed by atoms with Crippen molar-refractivity contribution in [3.05, 3.63) is 0 Å². The molecule has 32 heavy (non-hydrogen) atoms. The van der Waals surface area contributed by atoms with Crippen LogP contribution in [0.4, 0.5) is 0 Å². The van der Waals surface area contributed by atoms with Crippen molar-refractivity contribution in [2.75, 3.05) is 0 Å². The van der Waals surface area contributed by atoms with Crippen LogP contribution in [0.25, 0.3) is 0 Å². The van der Waals surface area contributed by atoms with Gasteiger partial charge in [0.15, 0.2) is 0 Å². The molecule has 4 fully saturated rings. The standard InChI is InChI=1S/C29H50O3/c1-5-6-7-8-9-10-11-21-12-13-24-23-19-27(31)26-18-22(32-20(2)30)14-16-29(26,4)25(23)15-17-28(21,24)3/h21-27,31H,5-19H2,1-4H3/t21-,22-,23-,24-,25-,26+,27+,28+,29+/m0/s1. The maximum Gasteiger partial charge on any atom is 0.302 e. The van der Waals surface area contributed by atoms with E-state index < -0.39 is 0 Å². The molecule has 4 rings (SSSR count). The molecule has 4 saturated carbocycles. The van der Waals surface area contributed by atoms with Gasteiger partial charge in [0.25, 0.3) is 0 Å². The highest BCUT2D eigenvalue weighted by molar-refractivity contribution is 5.66.